The van der Waals surface area contributed by atoms with Gasteiger partial charge in [0.25, 0.3) is 11.8 Å². The Morgan fingerprint density at radius 3 is 2.06 bits per heavy atom. The Labute approximate surface area is 297 Å². The van der Waals surface area contributed by atoms with Crippen LogP contribution in [0.4, 0.5) is 13.6 Å². The Kier molecular flexibility index (Phi) is 17.0. The smallest absolute Gasteiger partial charge is 0.316 e. The Balaban J connectivity index is 0.000000327. The topological polar surface area (TPSA) is 151 Å². The molecule has 3 atom stereocenters. The first-order valence-corrected chi connectivity index (χ1v) is 18.3. The van der Waals surface area contributed by atoms with Crippen molar-refractivity contribution in [2.75, 3.05) is 13.6 Å². The average molecular weight is 706 g/mol. The van der Waals surface area contributed by atoms with Crippen LogP contribution in [0.15, 0.2) is 30.3 Å². The summed E-state index contributed by atoms with van der Waals surface area (Å²) in [5, 5.41) is 7.83. The van der Waals surface area contributed by atoms with Crippen LogP contribution in [-0.2, 0) is 25.1 Å². The number of alkyl halides is 2. The highest BCUT2D eigenvalue weighted by Gasteiger charge is 2.55. The second kappa shape index (κ2) is 19.8. The Hall–Kier alpha value is -3.41. The van der Waals surface area contributed by atoms with Crippen molar-refractivity contribution in [2.24, 2.45) is 17.1 Å². The lowest BCUT2D eigenvalue weighted by atomic mass is 9.74. The first-order valence-electron chi connectivity index (χ1n) is 18.3. The van der Waals surface area contributed by atoms with E-state index >= 15 is 8.78 Å². The normalized spacial score (nSPS) is 20.0. The first-order chi connectivity index (χ1) is 23.5. The van der Waals surface area contributed by atoms with Crippen molar-refractivity contribution in [1.29, 1.82) is 0 Å². The van der Waals surface area contributed by atoms with Crippen molar-refractivity contribution in [1.82, 2.24) is 20.9 Å². The number of rotatable bonds is 13. The fourth-order valence-electron chi connectivity index (χ4n) is 6.41. The number of Topliss-reactive ketones (excluding diaryl/α,β-unsaturated/α-hetero) is 1. The number of halogens is 2. The van der Waals surface area contributed by atoms with E-state index in [-0.39, 0.29) is 30.4 Å². The van der Waals surface area contributed by atoms with E-state index in [9.17, 15) is 24.0 Å². The van der Waals surface area contributed by atoms with Crippen molar-refractivity contribution in [3.05, 3.63) is 35.9 Å². The van der Waals surface area contributed by atoms with E-state index in [1.165, 1.54) is 31.4 Å². The maximum atomic E-state index is 15.4. The number of carbonyl (C=O) groups is 5. The van der Waals surface area contributed by atoms with E-state index in [4.69, 9.17) is 5.73 Å². The summed E-state index contributed by atoms with van der Waals surface area (Å²) >= 11 is 0. The second-order valence-electron chi connectivity index (χ2n) is 15.2. The molecule has 2 aliphatic carbocycles. The number of likely N-dealkylation sites (N-methyl/N-ethyl adjacent to an activating group) is 1. The molecule has 282 valence electrons. The summed E-state index contributed by atoms with van der Waals surface area (Å²) in [6.45, 7) is 10.6. The van der Waals surface area contributed by atoms with Crippen LogP contribution in [0.25, 0.3) is 0 Å². The van der Waals surface area contributed by atoms with E-state index in [1.807, 2.05) is 11.9 Å². The molecule has 3 aliphatic rings. The number of likely N-dealkylation sites (tertiary alicyclic amines) is 1. The van der Waals surface area contributed by atoms with Gasteiger partial charge < -0.3 is 26.5 Å². The van der Waals surface area contributed by atoms with Crippen LogP contribution in [0.1, 0.15) is 124 Å². The summed E-state index contributed by atoms with van der Waals surface area (Å²) in [5.74, 6) is -4.25. The van der Waals surface area contributed by atoms with Gasteiger partial charge in [-0.05, 0) is 57.0 Å². The molecule has 1 aromatic rings. The van der Waals surface area contributed by atoms with Crippen molar-refractivity contribution in [2.45, 2.75) is 148 Å². The van der Waals surface area contributed by atoms with E-state index in [0.29, 0.717) is 25.5 Å². The third-order valence-electron chi connectivity index (χ3n) is 9.65. The van der Waals surface area contributed by atoms with Gasteiger partial charge in [-0.25, -0.2) is 4.79 Å². The molecular weight excluding hydrogens is 644 g/mol. The summed E-state index contributed by atoms with van der Waals surface area (Å²) in [7, 11) is 1.90. The molecule has 0 aromatic heterocycles. The fraction of sp³-hybridized carbons (Fsp3) is 0.711. The number of carbonyl (C=O) groups excluding carboxylic acids is 5. The zero-order valence-corrected chi connectivity index (χ0v) is 31.0. The number of aldehydes is 1. The van der Waals surface area contributed by atoms with Gasteiger partial charge >= 0.3 is 6.03 Å². The SMILES string of the molecule is CC(C)(C)C(C=O)NC(=O)NC1(C(F)(F)c2ccccc2)CCCCC1.CCC.CN1CCC[C@H]1C(=O)NC(CCCC1CC1)C(=O)C(N)=O. The third-order valence-corrected chi connectivity index (χ3v) is 9.65. The molecule has 1 heterocycles. The van der Waals surface area contributed by atoms with Gasteiger partial charge in [-0.2, -0.15) is 8.78 Å². The maximum absolute atomic E-state index is 15.4. The number of nitrogens with one attached hydrogen (secondary N) is 3. The number of amides is 4. The number of primary amides is 1. The molecule has 2 saturated carbocycles. The molecule has 1 saturated heterocycles. The lowest BCUT2D eigenvalue weighted by molar-refractivity contribution is -0.139. The molecule has 1 aromatic carbocycles. The molecule has 3 fully saturated rings. The van der Waals surface area contributed by atoms with Crippen LogP contribution in [0, 0.1) is 11.3 Å². The molecule has 4 amide bonds. The van der Waals surface area contributed by atoms with E-state index in [2.05, 4.69) is 29.8 Å². The zero-order chi connectivity index (χ0) is 37.5. The van der Waals surface area contributed by atoms with E-state index in [0.717, 1.165) is 44.6 Å². The molecule has 0 spiro atoms. The lowest BCUT2D eigenvalue weighted by Gasteiger charge is -2.44. The molecule has 2 unspecified atom stereocenters. The number of hydrogen-bond acceptors (Lipinski definition) is 6. The van der Waals surface area contributed by atoms with Crippen molar-refractivity contribution in [3.8, 4) is 0 Å². The maximum Gasteiger partial charge on any atom is 0.316 e. The molecule has 5 N–H and O–H groups in total. The van der Waals surface area contributed by atoms with Crippen molar-refractivity contribution in [3.63, 3.8) is 0 Å². The van der Waals surface area contributed by atoms with Crippen LogP contribution in [0.3, 0.4) is 0 Å². The summed E-state index contributed by atoms with van der Waals surface area (Å²) in [5.41, 5.74) is 2.83. The highest BCUT2D eigenvalue weighted by atomic mass is 19.3. The highest BCUT2D eigenvalue weighted by molar-refractivity contribution is 6.37. The number of ketones is 1. The minimum atomic E-state index is -3.20. The molecular formula is C38H61F2N5O5. The number of nitrogens with zero attached hydrogens (tertiary/aromatic N) is 1. The summed E-state index contributed by atoms with van der Waals surface area (Å²) in [4.78, 5) is 61.0. The molecule has 0 bridgehead atoms. The standard InChI is InChI=1S/C20H28F2N2O2.C15H25N3O3.C3H8/c1-18(2,3)16(14-25)23-17(26)24-19(12-8-5-9-13-19)20(21,22)15-10-6-4-7-11-15;1-18-9-3-6-12(18)15(21)17-11(13(19)14(16)20)5-2-4-10-7-8-10;1-3-2/h4,6-7,10-11,14,16H,5,8-9,12-13H2,1-3H3,(H2,23,24,26);10-12H,2-9H2,1H3,(H2,16,20)(H,17,21);3H2,1-2H3/t;11?,12-;/m.0./s1. The monoisotopic (exact) mass is 705 g/mol. The fourth-order valence-corrected chi connectivity index (χ4v) is 6.41. The van der Waals surface area contributed by atoms with Gasteiger partial charge in [0, 0.05) is 5.56 Å². The minimum Gasteiger partial charge on any atom is -0.363 e. The predicted molar refractivity (Wildman–Crippen MR) is 191 cm³/mol. The Morgan fingerprint density at radius 2 is 1.58 bits per heavy atom. The van der Waals surface area contributed by atoms with E-state index < -0.39 is 46.7 Å². The number of nitrogens with two attached hydrogens (primary N) is 1. The van der Waals surface area contributed by atoms with Crippen LogP contribution in [-0.4, -0.2) is 72.1 Å². The van der Waals surface area contributed by atoms with Gasteiger partial charge in [0.15, 0.2) is 0 Å². The molecule has 10 nitrogen and oxygen atoms in total. The van der Waals surface area contributed by atoms with Gasteiger partial charge in [0.05, 0.1) is 18.1 Å². The van der Waals surface area contributed by atoms with Crippen LogP contribution in [0.5, 0.6) is 0 Å². The van der Waals surface area contributed by atoms with Gasteiger partial charge in [-0.3, -0.25) is 19.3 Å². The quantitative estimate of drug-likeness (QED) is 0.146. The van der Waals surface area contributed by atoms with Crippen molar-refractivity contribution < 1.29 is 32.8 Å². The highest BCUT2D eigenvalue weighted by Crippen LogP contribution is 2.47. The van der Waals surface area contributed by atoms with Crippen molar-refractivity contribution >= 4 is 29.9 Å². The average Bonchev–Trinajstić information content (AvgIpc) is 3.80. The molecule has 4 rings (SSSR count). The Morgan fingerprint density at radius 1 is 0.980 bits per heavy atom. The van der Waals surface area contributed by atoms with Gasteiger partial charge in [0.1, 0.15) is 11.8 Å². The van der Waals surface area contributed by atoms with Gasteiger partial charge in [0.2, 0.25) is 11.7 Å². The zero-order valence-electron chi connectivity index (χ0n) is 31.0. The number of benzene rings is 1. The minimum absolute atomic E-state index is 0.107. The summed E-state index contributed by atoms with van der Waals surface area (Å²) < 4.78 is 30.8. The van der Waals surface area contributed by atoms with E-state index in [1.54, 1.807) is 39.0 Å². The number of hydrogen-bond donors (Lipinski definition) is 4. The van der Waals surface area contributed by atoms with Crippen LogP contribution < -0.4 is 21.7 Å². The van der Waals surface area contributed by atoms with Gasteiger partial charge in [-0.1, -0.05) is 116 Å². The predicted octanol–water partition coefficient (Wildman–Crippen LogP) is 6.01. The van der Waals surface area contributed by atoms with Crippen LogP contribution >= 0.6 is 0 Å². The Bertz CT molecular complexity index is 1250. The molecule has 12 heteroatoms. The molecule has 0 radical (unpaired) electrons. The summed E-state index contributed by atoms with van der Waals surface area (Å²) in [6, 6.07) is 5.16. The third kappa shape index (κ3) is 12.7. The lowest BCUT2D eigenvalue weighted by Crippen LogP contribution is -2.63. The number of urea groups is 1. The first kappa shape index (κ1) is 42.8. The second-order valence-corrected chi connectivity index (χ2v) is 15.2. The molecule has 1 aliphatic heterocycles. The largest absolute Gasteiger partial charge is 0.363 e. The molecule has 50 heavy (non-hydrogen) atoms. The van der Waals surface area contributed by atoms with Gasteiger partial charge in [-0.15, -0.1) is 0 Å². The summed E-state index contributed by atoms with van der Waals surface area (Å²) in [6.07, 6.45) is 11.1. The van der Waals surface area contributed by atoms with Crippen LogP contribution in [0.2, 0.25) is 0 Å².